The maximum atomic E-state index is 11.9. The zero-order chi connectivity index (χ0) is 20.2. The van der Waals surface area contributed by atoms with Crippen LogP contribution in [0.3, 0.4) is 0 Å². The lowest BCUT2D eigenvalue weighted by molar-refractivity contribution is -0.117. The van der Waals surface area contributed by atoms with Crippen molar-refractivity contribution in [3.05, 3.63) is 65.7 Å². The number of carbonyl (C=O) groups excluding carboxylic acids is 2. The van der Waals surface area contributed by atoms with E-state index < -0.39 is 5.91 Å². The summed E-state index contributed by atoms with van der Waals surface area (Å²) in [6, 6.07) is 17.4. The van der Waals surface area contributed by atoms with E-state index in [0.29, 0.717) is 12.1 Å². The summed E-state index contributed by atoms with van der Waals surface area (Å²) in [6.45, 7) is 1.19. The number of nitrogens with one attached hydrogen (secondary N) is 3. The highest BCUT2D eigenvalue weighted by molar-refractivity contribution is 14.0. The van der Waals surface area contributed by atoms with Crippen LogP contribution in [0.15, 0.2) is 64.5 Å². The van der Waals surface area contributed by atoms with Gasteiger partial charge in [0.05, 0.1) is 6.54 Å². The molecule has 7 nitrogen and oxygen atoms in total. The number of rotatable bonds is 9. The lowest BCUT2D eigenvalue weighted by Crippen LogP contribution is -2.38. The van der Waals surface area contributed by atoms with Crippen LogP contribution in [-0.4, -0.2) is 43.7 Å². The summed E-state index contributed by atoms with van der Waals surface area (Å²) in [5, 5.41) is 8.98. The molecule has 0 saturated heterocycles. The van der Waals surface area contributed by atoms with Crippen molar-refractivity contribution in [1.82, 2.24) is 16.0 Å². The van der Waals surface area contributed by atoms with E-state index >= 15 is 0 Å². The zero-order valence-electron chi connectivity index (χ0n) is 16.2. The lowest BCUT2D eigenvalue weighted by Gasteiger charge is -2.12. The Hall–Kier alpha value is -2.27. The number of amides is 2. The molecule has 0 aliphatic carbocycles. The fourth-order valence-corrected chi connectivity index (χ4v) is 3.09. The molecular weight excluding hydrogens is 501 g/mol. The minimum absolute atomic E-state index is 0. The molecule has 0 heterocycles. The molecule has 9 heteroatoms. The van der Waals surface area contributed by atoms with Gasteiger partial charge in [-0.2, -0.15) is 0 Å². The molecule has 0 radical (unpaired) electrons. The Kier molecular flexibility index (Phi) is 11.8. The second kappa shape index (κ2) is 13.8. The van der Waals surface area contributed by atoms with Crippen LogP contribution in [0.2, 0.25) is 0 Å². The Morgan fingerprint density at radius 2 is 1.69 bits per heavy atom. The van der Waals surface area contributed by atoms with Gasteiger partial charge in [0.25, 0.3) is 5.91 Å². The third-order valence-electron chi connectivity index (χ3n) is 3.73. The molecule has 0 bridgehead atoms. The number of halogens is 1. The number of aliphatic imine (C=N–C) groups is 1. The first-order chi connectivity index (χ1) is 13.6. The van der Waals surface area contributed by atoms with Crippen LogP contribution in [0.5, 0.6) is 0 Å². The van der Waals surface area contributed by atoms with Crippen molar-refractivity contribution in [3.8, 4) is 0 Å². The molecule has 0 aliphatic heterocycles. The fraction of sp³-hybridized carbons (Fsp3) is 0.250. The number of guanidine groups is 1. The van der Waals surface area contributed by atoms with E-state index in [-0.39, 0.29) is 36.4 Å². The van der Waals surface area contributed by atoms with Gasteiger partial charge in [0.15, 0.2) is 5.96 Å². The molecule has 5 N–H and O–H groups in total. The number of nitrogens with two attached hydrogens (primary N) is 1. The highest BCUT2D eigenvalue weighted by Gasteiger charge is 2.06. The first-order valence-corrected chi connectivity index (χ1v) is 9.85. The third-order valence-corrected chi connectivity index (χ3v) is 4.74. The molecule has 0 atom stereocenters. The molecule has 0 aliphatic rings. The number of benzene rings is 2. The standard InChI is InChI=1S/C20H25N5O2S.HI/c1-22-20(23-11-12-28-17-5-3-2-4-6-17)25-13-15-7-9-16(10-8-15)19(27)24-14-18(21)26;/h2-10H,11-14H2,1H3,(H2,21,26)(H,24,27)(H2,22,23,25);1H. The average Bonchev–Trinajstić information content (AvgIpc) is 2.72. The largest absolute Gasteiger partial charge is 0.368 e. The van der Waals surface area contributed by atoms with E-state index in [0.717, 1.165) is 23.8 Å². The van der Waals surface area contributed by atoms with Gasteiger partial charge in [0.2, 0.25) is 5.91 Å². The van der Waals surface area contributed by atoms with Gasteiger partial charge >= 0.3 is 0 Å². The van der Waals surface area contributed by atoms with E-state index in [2.05, 4.69) is 33.1 Å². The molecule has 0 unspecified atom stereocenters. The second-order valence-electron chi connectivity index (χ2n) is 5.86. The van der Waals surface area contributed by atoms with Crippen LogP contribution >= 0.6 is 35.7 Å². The number of hydrogen-bond acceptors (Lipinski definition) is 4. The minimum atomic E-state index is -0.574. The van der Waals surface area contributed by atoms with Crippen LogP contribution in [0, 0.1) is 0 Å². The van der Waals surface area contributed by atoms with E-state index in [1.54, 1.807) is 30.9 Å². The summed E-state index contributed by atoms with van der Waals surface area (Å²) in [5.74, 6) is 0.749. The SMILES string of the molecule is CN=C(NCCSc1ccccc1)NCc1ccc(C(=O)NCC(N)=O)cc1.I. The van der Waals surface area contributed by atoms with E-state index in [1.165, 1.54) is 4.90 Å². The summed E-state index contributed by atoms with van der Waals surface area (Å²) in [5.41, 5.74) is 6.50. The molecule has 0 saturated carbocycles. The summed E-state index contributed by atoms with van der Waals surface area (Å²) in [6.07, 6.45) is 0. The molecular formula is C20H26IN5O2S. The molecule has 29 heavy (non-hydrogen) atoms. The quantitative estimate of drug-likeness (QED) is 0.131. The Morgan fingerprint density at radius 3 is 2.31 bits per heavy atom. The lowest BCUT2D eigenvalue weighted by atomic mass is 10.1. The summed E-state index contributed by atoms with van der Waals surface area (Å²) >= 11 is 1.79. The van der Waals surface area contributed by atoms with Gasteiger partial charge in [-0.1, -0.05) is 30.3 Å². The minimum Gasteiger partial charge on any atom is -0.368 e. The highest BCUT2D eigenvalue weighted by Crippen LogP contribution is 2.15. The summed E-state index contributed by atoms with van der Waals surface area (Å²) in [7, 11) is 1.73. The normalized spacial score (nSPS) is 10.6. The predicted octanol–water partition coefficient (Wildman–Crippen LogP) is 1.98. The zero-order valence-corrected chi connectivity index (χ0v) is 19.3. The van der Waals surface area contributed by atoms with Crippen LogP contribution in [-0.2, 0) is 11.3 Å². The number of carbonyl (C=O) groups is 2. The predicted molar refractivity (Wildman–Crippen MR) is 129 cm³/mol. The van der Waals surface area contributed by atoms with Crippen molar-refractivity contribution >= 4 is 53.5 Å². The molecule has 2 rings (SSSR count). The molecule has 2 aromatic rings. The first kappa shape index (κ1) is 24.8. The highest BCUT2D eigenvalue weighted by atomic mass is 127. The fourth-order valence-electron chi connectivity index (χ4n) is 2.30. The monoisotopic (exact) mass is 527 g/mol. The van der Waals surface area contributed by atoms with Crippen molar-refractivity contribution in [2.45, 2.75) is 11.4 Å². The van der Waals surface area contributed by atoms with E-state index in [9.17, 15) is 9.59 Å². The van der Waals surface area contributed by atoms with Crippen LogP contribution in [0.25, 0.3) is 0 Å². The van der Waals surface area contributed by atoms with Crippen molar-refractivity contribution in [1.29, 1.82) is 0 Å². The van der Waals surface area contributed by atoms with Gasteiger partial charge < -0.3 is 21.7 Å². The number of primary amides is 1. The van der Waals surface area contributed by atoms with Crippen molar-refractivity contribution in [2.75, 3.05) is 25.9 Å². The van der Waals surface area contributed by atoms with Gasteiger partial charge in [-0.15, -0.1) is 35.7 Å². The third kappa shape index (κ3) is 9.66. The Labute approximate surface area is 192 Å². The molecule has 0 fully saturated rings. The number of nitrogens with zero attached hydrogens (tertiary/aromatic N) is 1. The average molecular weight is 527 g/mol. The molecule has 156 valence electrons. The van der Waals surface area contributed by atoms with Crippen LogP contribution in [0.4, 0.5) is 0 Å². The summed E-state index contributed by atoms with van der Waals surface area (Å²) in [4.78, 5) is 28.0. The number of thioether (sulfide) groups is 1. The van der Waals surface area contributed by atoms with E-state index in [4.69, 9.17) is 5.73 Å². The Morgan fingerprint density at radius 1 is 1.00 bits per heavy atom. The van der Waals surface area contributed by atoms with Crippen molar-refractivity contribution < 1.29 is 9.59 Å². The van der Waals surface area contributed by atoms with Crippen molar-refractivity contribution in [3.63, 3.8) is 0 Å². The Balaban J connectivity index is 0.00000420. The second-order valence-corrected chi connectivity index (χ2v) is 7.03. The topological polar surface area (TPSA) is 109 Å². The molecule has 0 spiro atoms. The van der Waals surface area contributed by atoms with Gasteiger partial charge in [-0.25, -0.2) is 0 Å². The first-order valence-electron chi connectivity index (χ1n) is 8.86. The summed E-state index contributed by atoms with van der Waals surface area (Å²) < 4.78 is 0. The molecule has 2 aromatic carbocycles. The van der Waals surface area contributed by atoms with Crippen LogP contribution in [0.1, 0.15) is 15.9 Å². The van der Waals surface area contributed by atoms with Gasteiger partial charge in [-0.3, -0.25) is 14.6 Å². The van der Waals surface area contributed by atoms with Gasteiger partial charge in [-0.05, 0) is 29.8 Å². The maximum Gasteiger partial charge on any atom is 0.251 e. The molecule has 0 aromatic heterocycles. The Bertz CT molecular complexity index is 800. The van der Waals surface area contributed by atoms with Crippen LogP contribution < -0.4 is 21.7 Å². The van der Waals surface area contributed by atoms with Crippen molar-refractivity contribution in [2.24, 2.45) is 10.7 Å². The van der Waals surface area contributed by atoms with Gasteiger partial charge in [0, 0.05) is 36.3 Å². The number of hydrogen-bond donors (Lipinski definition) is 4. The molecule has 2 amide bonds. The smallest absolute Gasteiger partial charge is 0.251 e. The maximum absolute atomic E-state index is 11.9. The van der Waals surface area contributed by atoms with E-state index in [1.807, 2.05) is 30.3 Å². The van der Waals surface area contributed by atoms with Gasteiger partial charge in [0.1, 0.15) is 0 Å².